The lowest BCUT2D eigenvalue weighted by molar-refractivity contribution is 0.269. The van der Waals surface area contributed by atoms with Crippen molar-refractivity contribution in [1.29, 1.82) is 0 Å². The highest BCUT2D eigenvalue weighted by molar-refractivity contribution is 5.43. The molecule has 2 rings (SSSR count). The molecule has 2 N–H and O–H groups in total. The largest absolute Gasteiger partial charge is 0.394 e. The summed E-state index contributed by atoms with van der Waals surface area (Å²) >= 11 is 0. The van der Waals surface area contributed by atoms with E-state index in [1.165, 1.54) is 12.1 Å². The van der Waals surface area contributed by atoms with E-state index in [9.17, 15) is 4.39 Å². The van der Waals surface area contributed by atoms with Crippen LogP contribution >= 0.6 is 0 Å². The smallest absolute Gasteiger partial charge is 0.125 e. The SMILES string of the molecule is OCCn1cc(CNc2cccc(F)c2)cn1. The van der Waals surface area contributed by atoms with E-state index in [2.05, 4.69) is 10.4 Å². The molecule has 90 valence electrons. The number of anilines is 1. The summed E-state index contributed by atoms with van der Waals surface area (Å²) in [6.07, 6.45) is 3.57. The Morgan fingerprint density at radius 1 is 1.41 bits per heavy atom. The quantitative estimate of drug-likeness (QED) is 0.828. The van der Waals surface area contributed by atoms with Crippen LogP contribution in [0, 0.1) is 5.82 Å². The molecule has 4 nitrogen and oxygen atoms in total. The third kappa shape index (κ3) is 3.29. The molecule has 1 heterocycles. The highest BCUT2D eigenvalue weighted by Gasteiger charge is 1.99. The zero-order valence-electron chi connectivity index (χ0n) is 9.31. The van der Waals surface area contributed by atoms with Crippen LogP contribution in [-0.4, -0.2) is 21.5 Å². The minimum atomic E-state index is -0.258. The molecule has 0 saturated carbocycles. The van der Waals surface area contributed by atoms with Crippen LogP contribution in [0.5, 0.6) is 0 Å². The first-order valence-electron chi connectivity index (χ1n) is 5.39. The summed E-state index contributed by atoms with van der Waals surface area (Å²) in [6, 6.07) is 6.32. The Hall–Kier alpha value is -1.88. The van der Waals surface area contributed by atoms with Crippen LogP contribution in [-0.2, 0) is 13.1 Å². The van der Waals surface area contributed by atoms with Crippen LogP contribution in [0.1, 0.15) is 5.56 Å². The Bertz CT molecular complexity index is 484. The van der Waals surface area contributed by atoms with Gasteiger partial charge in [-0.05, 0) is 18.2 Å². The molecule has 0 spiro atoms. The van der Waals surface area contributed by atoms with E-state index in [1.54, 1.807) is 23.0 Å². The number of halogens is 1. The Kier molecular flexibility index (Phi) is 3.72. The van der Waals surface area contributed by atoms with Gasteiger partial charge in [-0.1, -0.05) is 6.07 Å². The maximum atomic E-state index is 12.9. The van der Waals surface area contributed by atoms with Crippen LogP contribution < -0.4 is 5.32 Å². The summed E-state index contributed by atoms with van der Waals surface area (Å²) in [4.78, 5) is 0. The van der Waals surface area contributed by atoms with Gasteiger partial charge in [-0.3, -0.25) is 4.68 Å². The predicted octanol–water partition coefficient (Wildman–Crippen LogP) is 1.63. The molecular weight excluding hydrogens is 221 g/mol. The monoisotopic (exact) mass is 235 g/mol. The third-order valence-corrected chi connectivity index (χ3v) is 2.34. The van der Waals surface area contributed by atoms with Gasteiger partial charge >= 0.3 is 0 Å². The Morgan fingerprint density at radius 2 is 2.29 bits per heavy atom. The second-order valence-corrected chi connectivity index (χ2v) is 3.70. The maximum Gasteiger partial charge on any atom is 0.125 e. The average molecular weight is 235 g/mol. The molecule has 17 heavy (non-hydrogen) atoms. The lowest BCUT2D eigenvalue weighted by Crippen LogP contribution is -2.02. The normalized spacial score (nSPS) is 10.5. The molecule has 0 amide bonds. The van der Waals surface area contributed by atoms with Crippen molar-refractivity contribution in [3.63, 3.8) is 0 Å². The van der Waals surface area contributed by atoms with Gasteiger partial charge in [-0.15, -0.1) is 0 Å². The van der Waals surface area contributed by atoms with Crippen molar-refractivity contribution in [2.75, 3.05) is 11.9 Å². The van der Waals surface area contributed by atoms with Gasteiger partial charge in [0.05, 0.1) is 19.3 Å². The van der Waals surface area contributed by atoms with Gasteiger partial charge in [0.15, 0.2) is 0 Å². The molecule has 0 unspecified atom stereocenters. The molecule has 0 saturated heterocycles. The fraction of sp³-hybridized carbons (Fsp3) is 0.250. The molecule has 0 aliphatic carbocycles. The maximum absolute atomic E-state index is 12.9. The molecule has 0 aliphatic rings. The number of aromatic nitrogens is 2. The fourth-order valence-corrected chi connectivity index (χ4v) is 1.52. The van der Waals surface area contributed by atoms with Gasteiger partial charge < -0.3 is 10.4 Å². The second-order valence-electron chi connectivity index (χ2n) is 3.70. The summed E-state index contributed by atoms with van der Waals surface area (Å²) in [5, 5.41) is 15.9. The Morgan fingerprint density at radius 3 is 3.06 bits per heavy atom. The zero-order chi connectivity index (χ0) is 12.1. The molecule has 0 atom stereocenters. The molecule has 2 aromatic rings. The Balaban J connectivity index is 1.93. The number of hydrogen-bond acceptors (Lipinski definition) is 3. The molecule has 0 fully saturated rings. The summed E-state index contributed by atoms with van der Waals surface area (Å²) in [7, 11) is 0. The summed E-state index contributed by atoms with van der Waals surface area (Å²) in [5.41, 5.74) is 1.72. The fourth-order valence-electron chi connectivity index (χ4n) is 1.52. The van der Waals surface area contributed by atoms with E-state index in [-0.39, 0.29) is 12.4 Å². The first kappa shape index (κ1) is 11.6. The second kappa shape index (κ2) is 5.45. The van der Waals surface area contributed by atoms with Gasteiger partial charge in [0, 0.05) is 24.0 Å². The predicted molar refractivity (Wildman–Crippen MR) is 63.0 cm³/mol. The molecule has 0 bridgehead atoms. The number of rotatable bonds is 5. The number of aliphatic hydroxyl groups is 1. The van der Waals surface area contributed by atoms with Crippen LogP contribution in [0.25, 0.3) is 0 Å². The molecule has 0 aliphatic heterocycles. The summed E-state index contributed by atoms with van der Waals surface area (Å²) in [5.74, 6) is -0.258. The molecular formula is C12H14FN3O. The topological polar surface area (TPSA) is 50.1 Å². The summed E-state index contributed by atoms with van der Waals surface area (Å²) < 4.78 is 14.6. The number of benzene rings is 1. The Labute approximate surface area is 98.7 Å². The highest BCUT2D eigenvalue weighted by Crippen LogP contribution is 2.10. The van der Waals surface area contributed by atoms with Crippen molar-refractivity contribution >= 4 is 5.69 Å². The van der Waals surface area contributed by atoms with Crippen LogP contribution in [0.3, 0.4) is 0 Å². The number of nitrogens with zero attached hydrogens (tertiary/aromatic N) is 2. The van der Waals surface area contributed by atoms with E-state index < -0.39 is 0 Å². The van der Waals surface area contributed by atoms with Crippen LogP contribution in [0.15, 0.2) is 36.7 Å². The highest BCUT2D eigenvalue weighted by atomic mass is 19.1. The average Bonchev–Trinajstić information content (AvgIpc) is 2.75. The van der Waals surface area contributed by atoms with Crippen molar-refractivity contribution in [3.8, 4) is 0 Å². The first-order chi connectivity index (χ1) is 8.28. The van der Waals surface area contributed by atoms with Crippen molar-refractivity contribution in [3.05, 3.63) is 48.0 Å². The van der Waals surface area contributed by atoms with E-state index in [0.29, 0.717) is 13.1 Å². The lowest BCUT2D eigenvalue weighted by atomic mass is 10.3. The van der Waals surface area contributed by atoms with Gasteiger partial charge in [-0.2, -0.15) is 5.10 Å². The molecule has 1 aromatic heterocycles. The lowest BCUT2D eigenvalue weighted by Gasteiger charge is -2.04. The van der Waals surface area contributed by atoms with Gasteiger partial charge in [-0.25, -0.2) is 4.39 Å². The van der Waals surface area contributed by atoms with Gasteiger partial charge in [0.2, 0.25) is 0 Å². The van der Waals surface area contributed by atoms with Gasteiger partial charge in [0.25, 0.3) is 0 Å². The third-order valence-electron chi connectivity index (χ3n) is 2.34. The minimum Gasteiger partial charge on any atom is -0.394 e. The van der Waals surface area contributed by atoms with Crippen molar-refractivity contribution < 1.29 is 9.50 Å². The first-order valence-corrected chi connectivity index (χ1v) is 5.39. The number of hydrogen-bond donors (Lipinski definition) is 2. The van der Waals surface area contributed by atoms with Crippen molar-refractivity contribution in [1.82, 2.24) is 9.78 Å². The van der Waals surface area contributed by atoms with E-state index in [0.717, 1.165) is 11.3 Å². The van der Waals surface area contributed by atoms with E-state index >= 15 is 0 Å². The van der Waals surface area contributed by atoms with Gasteiger partial charge in [0.1, 0.15) is 5.82 Å². The zero-order valence-corrected chi connectivity index (χ0v) is 9.31. The standard InChI is InChI=1S/C12H14FN3O/c13-11-2-1-3-12(6-11)14-7-10-8-15-16(9-10)4-5-17/h1-3,6,8-9,14,17H,4-5,7H2. The minimum absolute atomic E-state index is 0.0679. The van der Waals surface area contributed by atoms with Crippen molar-refractivity contribution in [2.45, 2.75) is 13.1 Å². The number of nitrogens with one attached hydrogen (secondary N) is 1. The molecule has 5 heteroatoms. The van der Waals surface area contributed by atoms with Crippen LogP contribution in [0.2, 0.25) is 0 Å². The van der Waals surface area contributed by atoms with Crippen molar-refractivity contribution in [2.24, 2.45) is 0 Å². The summed E-state index contributed by atoms with van der Waals surface area (Å²) in [6.45, 7) is 1.13. The molecule has 0 radical (unpaired) electrons. The van der Waals surface area contributed by atoms with E-state index in [1.807, 2.05) is 6.20 Å². The molecule has 1 aromatic carbocycles. The van der Waals surface area contributed by atoms with Crippen LogP contribution in [0.4, 0.5) is 10.1 Å². The van der Waals surface area contributed by atoms with E-state index in [4.69, 9.17) is 5.11 Å². The number of aliphatic hydroxyl groups excluding tert-OH is 1.